The number of alkyl halides is 8. The summed E-state index contributed by atoms with van der Waals surface area (Å²) >= 11 is 0. The predicted octanol–water partition coefficient (Wildman–Crippen LogP) is 8.29. The highest BCUT2D eigenvalue weighted by Gasteiger charge is 2.46. The Labute approximate surface area is 278 Å². The van der Waals surface area contributed by atoms with E-state index >= 15 is 0 Å². The maximum atomic E-state index is 14.3. The molecule has 4 N–H and O–H groups in total. The van der Waals surface area contributed by atoms with Crippen molar-refractivity contribution in [2.24, 2.45) is 5.73 Å². The van der Waals surface area contributed by atoms with Crippen molar-refractivity contribution in [1.29, 1.82) is 0 Å². The molecule has 0 aliphatic carbocycles. The third-order valence-corrected chi connectivity index (χ3v) is 7.01. The number of benzene rings is 3. The summed E-state index contributed by atoms with van der Waals surface area (Å²) in [6.07, 6.45) is -10.2. The summed E-state index contributed by atoms with van der Waals surface area (Å²) in [7, 11) is 0. The summed E-state index contributed by atoms with van der Waals surface area (Å²) < 4.78 is 119. The molecule has 0 radical (unpaired) electrons. The fourth-order valence-corrected chi connectivity index (χ4v) is 5.21. The minimum atomic E-state index is -5.09. The van der Waals surface area contributed by atoms with Gasteiger partial charge < -0.3 is 19.8 Å². The summed E-state index contributed by atoms with van der Waals surface area (Å²) in [5.74, 6) is -5.83. The number of carbonyl (C=O) groups excluding carboxylic acids is 1. The van der Waals surface area contributed by atoms with Crippen LogP contribution in [0, 0.1) is 0 Å². The number of halogens is 8. The summed E-state index contributed by atoms with van der Waals surface area (Å²) in [5, 5.41) is 6.77. The lowest BCUT2D eigenvalue weighted by Gasteiger charge is -2.28. The van der Waals surface area contributed by atoms with Gasteiger partial charge in [-0.2, -0.15) is 31.4 Å². The molecule has 266 valence electrons. The molecule has 1 amide bonds. The zero-order chi connectivity index (χ0) is 37.0. The minimum Gasteiger partial charge on any atom is -0.457 e. The first-order chi connectivity index (χ1) is 23.0. The Kier molecular flexibility index (Phi) is 9.10. The van der Waals surface area contributed by atoms with E-state index in [4.69, 9.17) is 14.9 Å². The third-order valence-electron chi connectivity index (χ3n) is 7.01. The van der Waals surface area contributed by atoms with E-state index in [1.807, 2.05) is 20.8 Å². The van der Waals surface area contributed by atoms with E-state index in [0.29, 0.717) is 30.1 Å². The number of nitrogens with two attached hydrogens (primary N) is 1. The zero-order valence-electron chi connectivity index (χ0n) is 26.7. The number of rotatable bonds is 6. The average Bonchev–Trinajstić information content (AvgIpc) is 3.64. The van der Waals surface area contributed by atoms with E-state index in [9.17, 15) is 44.7 Å². The van der Waals surface area contributed by atoms with Gasteiger partial charge in [-0.3, -0.25) is 14.9 Å². The fourth-order valence-electron chi connectivity index (χ4n) is 5.21. The SMILES string of the molecule is CC(C)(C)N.CC(F)(F)CN1C(=O)c2n[nH]c(-c3cccc4[nH]c(=O)oc34)c2[C@@H]1c1ccc(Oc2cc(C(F)(F)F)cc(C(F)(F)F)c2)cc1. The van der Waals surface area contributed by atoms with Gasteiger partial charge >= 0.3 is 18.1 Å². The first kappa shape index (κ1) is 36.1. The van der Waals surface area contributed by atoms with Gasteiger partial charge in [-0.1, -0.05) is 18.2 Å². The molecule has 1 atom stereocenters. The van der Waals surface area contributed by atoms with Crippen LogP contribution in [-0.4, -0.2) is 44.0 Å². The molecule has 0 unspecified atom stereocenters. The molecule has 3 heterocycles. The minimum absolute atomic E-state index is 0. The van der Waals surface area contributed by atoms with E-state index in [0.717, 1.165) is 4.90 Å². The predicted molar refractivity (Wildman–Crippen MR) is 165 cm³/mol. The first-order valence-corrected chi connectivity index (χ1v) is 14.7. The number of carbonyl (C=O) groups is 1. The molecule has 1 aliphatic rings. The van der Waals surface area contributed by atoms with Gasteiger partial charge in [0.05, 0.1) is 34.9 Å². The second-order valence-corrected chi connectivity index (χ2v) is 12.7. The van der Waals surface area contributed by atoms with Crippen molar-refractivity contribution >= 4 is 17.0 Å². The second-order valence-electron chi connectivity index (χ2n) is 12.7. The van der Waals surface area contributed by atoms with Crippen LogP contribution in [-0.2, 0) is 12.4 Å². The number of H-pyrrole nitrogens is 2. The molecule has 0 fully saturated rings. The number of ether oxygens (including phenoxy) is 1. The lowest BCUT2D eigenvalue weighted by atomic mass is 9.95. The Morgan fingerprint density at radius 3 is 1.98 bits per heavy atom. The van der Waals surface area contributed by atoms with Crippen molar-refractivity contribution in [3.63, 3.8) is 0 Å². The lowest BCUT2D eigenvalue weighted by Crippen LogP contribution is -2.38. The highest BCUT2D eigenvalue weighted by Crippen LogP contribution is 2.45. The number of fused-ring (bicyclic) bond motifs is 2. The van der Waals surface area contributed by atoms with Crippen LogP contribution in [0.15, 0.2) is 69.9 Å². The number of hydrogen-bond donors (Lipinski definition) is 3. The summed E-state index contributed by atoms with van der Waals surface area (Å²) in [5.41, 5.74) is 3.40. The third kappa shape index (κ3) is 7.98. The van der Waals surface area contributed by atoms with Crippen LogP contribution in [0.4, 0.5) is 35.1 Å². The Morgan fingerprint density at radius 1 is 0.860 bits per heavy atom. The Bertz CT molecular complexity index is 2050. The van der Waals surface area contributed by atoms with Crippen LogP contribution >= 0.6 is 0 Å². The molecule has 9 nitrogen and oxygen atoms in total. The van der Waals surface area contributed by atoms with Crippen molar-refractivity contribution in [1.82, 2.24) is 20.1 Å². The molecule has 50 heavy (non-hydrogen) atoms. The standard InChI is InChI=1S/C29H18F8N4O4.C4H11N/c1-27(30,31)12-41-23(20-21(39-40-22(20)25(41)42)18-3-2-4-19-24(18)45-26(43)38-19)13-5-7-16(8-6-13)44-17-10-14(28(32,33)34)9-15(11-17)29(35,36)37;1-4(2,3)5/h2-11,23H,12H2,1H3,(H,38,43)(H,39,40);5H2,1-3H3/t23-;/m0./s1. The molecular weight excluding hydrogens is 682 g/mol. The van der Waals surface area contributed by atoms with Gasteiger partial charge in [0.1, 0.15) is 11.5 Å². The van der Waals surface area contributed by atoms with Crippen LogP contribution in [0.5, 0.6) is 11.5 Å². The normalized spacial score (nSPS) is 15.3. The number of aromatic amines is 2. The quantitative estimate of drug-likeness (QED) is 0.152. The number of nitrogens with one attached hydrogen (secondary N) is 2. The van der Waals surface area contributed by atoms with Crippen molar-refractivity contribution in [2.45, 2.75) is 57.6 Å². The van der Waals surface area contributed by atoms with Gasteiger partial charge in [0.15, 0.2) is 11.3 Å². The van der Waals surface area contributed by atoms with Crippen molar-refractivity contribution < 1.29 is 49.1 Å². The van der Waals surface area contributed by atoms with E-state index in [-0.39, 0.29) is 45.5 Å². The van der Waals surface area contributed by atoms with Crippen LogP contribution < -0.4 is 16.2 Å². The van der Waals surface area contributed by atoms with Gasteiger partial charge in [-0.15, -0.1) is 0 Å². The fraction of sp³-hybridized carbons (Fsp3) is 0.303. The second kappa shape index (κ2) is 12.6. The molecule has 1 aliphatic heterocycles. The molecular formula is C33H29F8N5O4. The zero-order valence-corrected chi connectivity index (χ0v) is 26.7. The van der Waals surface area contributed by atoms with Gasteiger partial charge in [0.25, 0.3) is 11.8 Å². The molecule has 0 saturated carbocycles. The number of oxazole rings is 1. The van der Waals surface area contributed by atoms with Gasteiger partial charge in [-0.25, -0.2) is 13.6 Å². The smallest absolute Gasteiger partial charge is 0.417 e. The van der Waals surface area contributed by atoms with Gasteiger partial charge in [0, 0.05) is 23.6 Å². The number of nitrogens with zero attached hydrogens (tertiary/aromatic N) is 2. The summed E-state index contributed by atoms with van der Waals surface area (Å²) in [6.45, 7) is 5.50. The van der Waals surface area contributed by atoms with E-state index in [1.54, 1.807) is 18.2 Å². The Morgan fingerprint density at radius 2 is 1.44 bits per heavy atom. The molecule has 2 aromatic heterocycles. The maximum Gasteiger partial charge on any atom is 0.417 e. The van der Waals surface area contributed by atoms with E-state index < -0.39 is 59.4 Å². The number of para-hydroxylation sites is 1. The van der Waals surface area contributed by atoms with Crippen LogP contribution in [0.1, 0.15) is 66.5 Å². The van der Waals surface area contributed by atoms with Crippen LogP contribution in [0.25, 0.3) is 22.4 Å². The highest BCUT2D eigenvalue weighted by molar-refractivity contribution is 6.02. The van der Waals surface area contributed by atoms with Crippen LogP contribution in [0.2, 0.25) is 0 Å². The summed E-state index contributed by atoms with van der Waals surface area (Å²) in [6, 6.07) is 9.40. The number of amides is 1. The molecule has 17 heteroatoms. The summed E-state index contributed by atoms with van der Waals surface area (Å²) in [4.78, 5) is 28.6. The topological polar surface area (TPSA) is 130 Å². The van der Waals surface area contributed by atoms with Crippen molar-refractivity contribution in [3.05, 3.63) is 99.2 Å². The Balaban J connectivity index is 0.000000908. The van der Waals surface area contributed by atoms with E-state index in [2.05, 4.69) is 15.2 Å². The van der Waals surface area contributed by atoms with Crippen molar-refractivity contribution in [3.8, 4) is 22.8 Å². The Hall–Kier alpha value is -5.19. The van der Waals surface area contributed by atoms with Crippen LogP contribution in [0.3, 0.4) is 0 Å². The molecule has 0 spiro atoms. The lowest BCUT2D eigenvalue weighted by molar-refractivity contribution is -0.143. The molecule has 0 saturated heterocycles. The number of aromatic nitrogens is 3. The number of hydrogen-bond acceptors (Lipinski definition) is 6. The van der Waals surface area contributed by atoms with Crippen molar-refractivity contribution in [2.75, 3.05) is 6.54 Å². The monoisotopic (exact) mass is 711 g/mol. The maximum absolute atomic E-state index is 14.3. The van der Waals surface area contributed by atoms with Gasteiger partial charge in [-0.05, 0) is 68.8 Å². The molecule has 5 aromatic rings. The van der Waals surface area contributed by atoms with E-state index in [1.165, 1.54) is 24.3 Å². The molecule has 0 bridgehead atoms. The first-order valence-electron chi connectivity index (χ1n) is 14.7. The average molecular weight is 712 g/mol. The molecule has 3 aromatic carbocycles. The van der Waals surface area contributed by atoms with Gasteiger partial charge in [0.2, 0.25) is 0 Å². The largest absolute Gasteiger partial charge is 0.457 e. The highest BCUT2D eigenvalue weighted by atomic mass is 19.4. The molecule has 6 rings (SSSR count).